The maximum Gasteiger partial charge on any atom is 0.344 e. The molecule has 3 N–H and O–H groups in total. The average molecular weight is 511 g/mol. The highest BCUT2D eigenvalue weighted by Gasteiger charge is 2.10. The molecule has 0 unspecified atom stereocenters. The van der Waals surface area contributed by atoms with Crippen LogP contribution in [0.2, 0.25) is 0 Å². The largest absolute Gasteiger partial charge is 0.482 e. The first-order chi connectivity index (χ1) is 17.1. The van der Waals surface area contributed by atoms with E-state index in [-0.39, 0.29) is 19.2 Å². The van der Waals surface area contributed by atoms with Crippen molar-refractivity contribution in [3.05, 3.63) is 66.9 Å². The van der Waals surface area contributed by atoms with Crippen molar-refractivity contribution in [1.29, 1.82) is 0 Å². The molecule has 0 bridgehead atoms. The second-order valence-electron chi connectivity index (χ2n) is 6.92. The summed E-state index contributed by atoms with van der Waals surface area (Å²) >= 11 is 2.85. The van der Waals surface area contributed by atoms with Crippen LogP contribution >= 0.6 is 23.1 Å². The van der Waals surface area contributed by atoms with Crippen LogP contribution in [0.4, 0.5) is 9.93 Å². The number of thiazole rings is 1. The van der Waals surface area contributed by atoms with Crippen LogP contribution in [-0.2, 0) is 16.1 Å². The van der Waals surface area contributed by atoms with Crippen molar-refractivity contribution in [2.45, 2.75) is 22.7 Å². The molecule has 0 atom stereocenters. The third-order valence-corrected chi connectivity index (χ3v) is 6.38. The van der Waals surface area contributed by atoms with Crippen LogP contribution in [0.15, 0.2) is 70.3 Å². The summed E-state index contributed by atoms with van der Waals surface area (Å²) in [5, 5.41) is 6.84. The molecule has 0 radical (unpaired) electrons. The number of nitrogens with zero attached hydrogens (tertiary/aromatic N) is 3. The summed E-state index contributed by atoms with van der Waals surface area (Å²) in [6.45, 7) is 2.14. The number of hydrogen-bond donors (Lipinski definition) is 3. The molecule has 4 aromatic rings. The molecule has 0 saturated carbocycles. The predicted molar refractivity (Wildman–Crippen MR) is 132 cm³/mol. The van der Waals surface area contributed by atoms with E-state index in [2.05, 4.69) is 30.6 Å². The van der Waals surface area contributed by atoms with Gasteiger partial charge in [-0.3, -0.25) is 5.32 Å². The Hall–Kier alpha value is -3.90. The molecular formula is C23H22N6O4S2. The average Bonchev–Trinajstić information content (AvgIpc) is 3.52. The number of urea groups is 1. The van der Waals surface area contributed by atoms with E-state index in [4.69, 9.17) is 9.47 Å². The van der Waals surface area contributed by atoms with Gasteiger partial charge in [-0.2, -0.15) is 0 Å². The Balaban J connectivity index is 1.24. The fraction of sp³-hybridized carbons (Fsp3) is 0.174. The smallest absolute Gasteiger partial charge is 0.344 e. The van der Waals surface area contributed by atoms with Crippen molar-refractivity contribution >= 4 is 40.2 Å². The van der Waals surface area contributed by atoms with Crippen molar-refractivity contribution in [1.82, 2.24) is 25.3 Å². The van der Waals surface area contributed by atoms with Crippen LogP contribution in [0.1, 0.15) is 12.7 Å². The molecule has 35 heavy (non-hydrogen) atoms. The van der Waals surface area contributed by atoms with Crippen LogP contribution in [0, 0.1) is 0 Å². The van der Waals surface area contributed by atoms with Crippen molar-refractivity contribution in [3.8, 4) is 17.0 Å². The Morgan fingerprint density at radius 3 is 2.71 bits per heavy atom. The highest BCUT2D eigenvalue weighted by Crippen LogP contribution is 2.32. The van der Waals surface area contributed by atoms with Gasteiger partial charge in [-0.25, -0.2) is 24.5 Å². The number of hydrogen-bond acceptors (Lipinski definition) is 9. The van der Waals surface area contributed by atoms with Gasteiger partial charge in [0.1, 0.15) is 16.6 Å². The molecule has 3 aromatic heterocycles. The monoisotopic (exact) mass is 510 g/mol. The number of aromatic nitrogens is 4. The van der Waals surface area contributed by atoms with E-state index in [9.17, 15) is 9.59 Å². The van der Waals surface area contributed by atoms with E-state index in [1.807, 2.05) is 30.3 Å². The van der Waals surface area contributed by atoms with Gasteiger partial charge in [0.05, 0.1) is 35.4 Å². The fourth-order valence-corrected chi connectivity index (χ4v) is 4.63. The van der Waals surface area contributed by atoms with E-state index in [1.165, 1.54) is 23.1 Å². The lowest BCUT2D eigenvalue weighted by Crippen LogP contribution is -2.28. The number of carbonyl (C=O) groups is 2. The standard InChI is InChI=1S/C23H22N6O4S2/c1-2-32-20(30)14-33-16-8-6-15(7-9-16)17-11-25-18(28-17)12-26-22(31)29-23-27-13-21(35-23)34-19-5-3-4-10-24-19/h3-11,13H,2,12,14H2,1H3,(H,25,28)(H2,26,27,29,31). The first kappa shape index (κ1) is 24.2. The molecule has 0 fully saturated rings. The number of imidazole rings is 1. The van der Waals surface area contributed by atoms with Gasteiger partial charge in [0.15, 0.2) is 11.7 Å². The summed E-state index contributed by atoms with van der Waals surface area (Å²) in [7, 11) is 0. The molecule has 1 aromatic carbocycles. The number of pyridine rings is 1. The van der Waals surface area contributed by atoms with Gasteiger partial charge >= 0.3 is 12.0 Å². The van der Waals surface area contributed by atoms with Crippen molar-refractivity contribution in [2.24, 2.45) is 0 Å². The number of carbonyl (C=O) groups excluding carboxylic acids is 2. The third-order valence-electron chi connectivity index (χ3n) is 4.42. The molecule has 0 aliphatic heterocycles. The Bertz CT molecular complexity index is 1260. The number of esters is 1. The van der Waals surface area contributed by atoms with Gasteiger partial charge in [0.25, 0.3) is 0 Å². The van der Waals surface area contributed by atoms with E-state index in [0.717, 1.165) is 20.5 Å². The number of ether oxygens (including phenoxy) is 2. The molecule has 0 spiro atoms. The zero-order valence-corrected chi connectivity index (χ0v) is 20.3. The van der Waals surface area contributed by atoms with Gasteiger partial charge in [-0.05, 0) is 48.9 Å². The minimum Gasteiger partial charge on any atom is -0.482 e. The van der Waals surface area contributed by atoms with Gasteiger partial charge in [-0.15, -0.1) is 0 Å². The molecule has 3 heterocycles. The Labute approximate surface area is 209 Å². The maximum atomic E-state index is 12.3. The van der Waals surface area contributed by atoms with E-state index >= 15 is 0 Å². The molecule has 12 heteroatoms. The van der Waals surface area contributed by atoms with Gasteiger partial charge < -0.3 is 19.8 Å². The zero-order chi connectivity index (χ0) is 24.5. The highest BCUT2D eigenvalue weighted by molar-refractivity contribution is 8.01. The minimum absolute atomic E-state index is 0.138. The maximum absolute atomic E-state index is 12.3. The van der Waals surface area contributed by atoms with Crippen LogP contribution in [-0.4, -0.2) is 45.2 Å². The van der Waals surface area contributed by atoms with Crippen molar-refractivity contribution in [2.75, 3.05) is 18.5 Å². The lowest BCUT2D eigenvalue weighted by Gasteiger charge is -2.06. The first-order valence-corrected chi connectivity index (χ1v) is 12.2. The number of rotatable bonds is 10. The summed E-state index contributed by atoms with van der Waals surface area (Å²) < 4.78 is 11.2. The third kappa shape index (κ3) is 7.29. The van der Waals surface area contributed by atoms with Crippen LogP contribution in [0.25, 0.3) is 11.3 Å². The lowest BCUT2D eigenvalue weighted by atomic mass is 10.2. The topological polar surface area (TPSA) is 131 Å². The highest BCUT2D eigenvalue weighted by atomic mass is 32.2. The van der Waals surface area contributed by atoms with Crippen molar-refractivity contribution < 1.29 is 19.1 Å². The number of anilines is 1. The summed E-state index contributed by atoms with van der Waals surface area (Å²) in [6.07, 6.45) is 5.12. The molecule has 4 rings (SSSR count). The van der Waals surface area contributed by atoms with E-state index in [0.29, 0.717) is 23.3 Å². The second kappa shape index (κ2) is 12.0. The Morgan fingerprint density at radius 1 is 1.09 bits per heavy atom. The molecule has 2 amide bonds. The second-order valence-corrected chi connectivity index (χ2v) is 9.28. The predicted octanol–water partition coefficient (Wildman–Crippen LogP) is 4.34. The molecule has 180 valence electrons. The van der Waals surface area contributed by atoms with Crippen LogP contribution < -0.4 is 15.4 Å². The zero-order valence-electron chi connectivity index (χ0n) is 18.7. The summed E-state index contributed by atoms with van der Waals surface area (Å²) in [4.78, 5) is 39.6. The number of amides is 2. The molecular weight excluding hydrogens is 488 g/mol. The quantitative estimate of drug-likeness (QED) is 0.269. The van der Waals surface area contributed by atoms with Gasteiger partial charge in [-0.1, -0.05) is 29.2 Å². The number of benzene rings is 1. The first-order valence-electron chi connectivity index (χ1n) is 10.6. The molecule has 0 aliphatic rings. The SMILES string of the molecule is CCOC(=O)COc1ccc(-c2cnc(CNC(=O)Nc3ncc(Sc4ccccn4)s3)[nH]2)cc1. The van der Waals surface area contributed by atoms with Crippen molar-refractivity contribution in [3.63, 3.8) is 0 Å². The fourth-order valence-electron chi connectivity index (χ4n) is 2.85. The van der Waals surface area contributed by atoms with E-state index < -0.39 is 5.97 Å². The molecule has 10 nitrogen and oxygen atoms in total. The van der Waals surface area contributed by atoms with Crippen LogP contribution in [0.3, 0.4) is 0 Å². The molecule has 0 aliphatic carbocycles. The minimum atomic E-state index is -0.412. The number of nitrogens with one attached hydrogen (secondary N) is 3. The molecule has 0 saturated heterocycles. The number of H-pyrrole nitrogens is 1. The van der Waals surface area contributed by atoms with Gasteiger partial charge in [0, 0.05) is 6.20 Å². The van der Waals surface area contributed by atoms with Gasteiger partial charge in [0.2, 0.25) is 0 Å². The van der Waals surface area contributed by atoms with Crippen LogP contribution in [0.5, 0.6) is 5.75 Å². The summed E-state index contributed by atoms with van der Waals surface area (Å²) in [6, 6.07) is 12.5. The number of aromatic amines is 1. The lowest BCUT2D eigenvalue weighted by molar-refractivity contribution is -0.145. The van der Waals surface area contributed by atoms with E-state index in [1.54, 1.807) is 37.6 Å². The summed E-state index contributed by atoms with van der Waals surface area (Å²) in [5.41, 5.74) is 1.67. The summed E-state index contributed by atoms with van der Waals surface area (Å²) in [5.74, 6) is 0.747. The Morgan fingerprint density at radius 2 is 1.94 bits per heavy atom. The Kier molecular flexibility index (Phi) is 8.30. The normalized spacial score (nSPS) is 10.5.